The molecule has 0 aliphatic carbocycles. The fraction of sp³-hybridized carbons (Fsp3) is 0.231. The Labute approximate surface area is 117 Å². The average molecular weight is 278 g/mol. The zero-order chi connectivity index (χ0) is 14.4. The number of hydrogen-bond donors (Lipinski definition) is 1. The van der Waals surface area contributed by atoms with E-state index in [-0.39, 0.29) is 10.6 Å². The van der Waals surface area contributed by atoms with Crippen LogP contribution < -0.4 is 19.9 Å². The topological polar surface area (TPSA) is 77.5 Å². The van der Waals surface area contributed by atoms with Gasteiger partial charge in [0.05, 0.1) is 26.9 Å². The highest BCUT2D eigenvalue weighted by Gasteiger charge is 2.15. The van der Waals surface area contributed by atoms with Crippen LogP contribution in [0.1, 0.15) is 5.56 Å². The van der Waals surface area contributed by atoms with Gasteiger partial charge in [-0.15, -0.1) is 0 Å². The maximum absolute atomic E-state index is 8.97. The van der Waals surface area contributed by atoms with Crippen LogP contribution in [0.4, 0.5) is 0 Å². The summed E-state index contributed by atoms with van der Waals surface area (Å²) in [5.74, 6) is 1.43. The van der Waals surface area contributed by atoms with Gasteiger partial charge >= 0.3 is 0 Å². The Hall–Kier alpha value is -2.26. The lowest BCUT2D eigenvalue weighted by atomic mass is 10.1. The average Bonchev–Trinajstić information content (AvgIpc) is 2.42. The normalized spacial score (nSPS) is 10.5. The summed E-state index contributed by atoms with van der Waals surface area (Å²) in [5, 5.41) is 8.97. The van der Waals surface area contributed by atoms with E-state index in [4.69, 9.17) is 37.4 Å². The van der Waals surface area contributed by atoms with Gasteiger partial charge in [-0.25, -0.2) is 0 Å². The number of nitriles is 1. The lowest BCUT2D eigenvalue weighted by Gasteiger charge is -2.14. The second kappa shape index (κ2) is 6.61. The predicted molar refractivity (Wildman–Crippen MR) is 76.5 cm³/mol. The van der Waals surface area contributed by atoms with Crippen LogP contribution >= 0.6 is 12.2 Å². The molecule has 0 heterocycles. The smallest absolute Gasteiger partial charge is 0.203 e. The van der Waals surface area contributed by atoms with Gasteiger partial charge in [0.15, 0.2) is 11.5 Å². The molecule has 0 aliphatic rings. The third-order valence-electron chi connectivity index (χ3n) is 2.42. The molecule has 0 bridgehead atoms. The lowest BCUT2D eigenvalue weighted by molar-refractivity contribution is 0.324. The van der Waals surface area contributed by atoms with Crippen LogP contribution in [0.2, 0.25) is 0 Å². The first-order chi connectivity index (χ1) is 9.08. The molecule has 19 heavy (non-hydrogen) atoms. The summed E-state index contributed by atoms with van der Waals surface area (Å²) in [4.78, 5) is 0.0272. The molecule has 0 aliphatic heterocycles. The Balaban J connectivity index is 3.46. The van der Waals surface area contributed by atoms with Gasteiger partial charge in [-0.2, -0.15) is 5.26 Å². The highest BCUT2D eigenvalue weighted by molar-refractivity contribution is 7.80. The molecule has 0 amide bonds. The number of nitrogens with two attached hydrogens (primary N) is 1. The van der Waals surface area contributed by atoms with Gasteiger partial charge in [-0.05, 0) is 18.2 Å². The zero-order valence-corrected chi connectivity index (χ0v) is 11.7. The molecular formula is C13H14N2O3S. The van der Waals surface area contributed by atoms with E-state index >= 15 is 0 Å². The van der Waals surface area contributed by atoms with E-state index in [1.807, 2.05) is 6.07 Å². The summed E-state index contributed by atoms with van der Waals surface area (Å²) >= 11 is 4.79. The Bertz CT molecular complexity index is 562. The minimum absolute atomic E-state index is 0.0272. The zero-order valence-electron chi connectivity index (χ0n) is 10.9. The monoisotopic (exact) mass is 278 g/mol. The van der Waals surface area contributed by atoms with Gasteiger partial charge in [0.25, 0.3) is 0 Å². The van der Waals surface area contributed by atoms with Crippen LogP contribution in [0.3, 0.4) is 0 Å². The number of methoxy groups -OCH3 is 3. The van der Waals surface area contributed by atoms with Crippen molar-refractivity contribution in [2.75, 3.05) is 21.3 Å². The molecule has 0 saturated carbocycles. The Morgan fingerprint density at radius 1 is 1.21 bits per heavy atom. The number of ether oxygens (including phenoxy) is 3. The van der Waals surface area contributed by atoms with Gasteiger partial charge < -0.3 is 19.9 Å². The molecule has 1 aromatic carbocycles. The van der Waals surface area contributed by atoms with E-state index < -0.39 is 0 Å². The standard InChI is InChI=1S/C13H14N2O3S/c1-16-10-5-4-8(6-9(7-14)13(15)19)11(17-2)12(10)18-3/h4-6H,1-3H3,(H2,15,19)/b9-6+. The first-order valence-corrected chi connectivity index (χ1v) is 5.70. The molecule has 1 aromatic rings. The molecule has 0 saturated heterocycles. The molecule has 5 nitrogen and oxygen atoms in total. The van der Waals surface area contributed by atoms with Gasteiger partial charge in [-0.3, -0.25) is 0 Å². The Kier molecular flexibility index (Phi) is 5.15. The Morgan fingerprint density at radius 2 is 1.84 bits per heavy atom. The van der Waals surface area contributed by atoms with Crippen LogP contribution in [0.25, 0.3) is 6.08 Å². The SMILES string of the molecule is COc1ccc(/C=C(\C#N)C(N)=S)c(OC)c1OC. The van der Waals surface area contributed by atoms with Crippen molar-refractivity contribution in [1.29, 1.82) is 5.26 Å². The number of nitrogens with zero attached hydrogens (tertiary/aromatic N) is 1. The molecule has 6 heteroatoms. The van der Waals surface area contributed by atoms with Gasteiger partial charge in [-0.1, -0.05) is 12.2 Å². The first-order valence-electron chi connectivity index (χ1n) is 5.29. The molecule has 0 unspecified atom stereocenters. The number of hydrogen-bond acceptors (Lipinski definition) is 5. The van der Waals surface area contributed by atoms with Crippen LogP contribution in [-0.4, -0.2) is 26.3 Å². The third kappa shape index (κ3) is 3.14. The van der Waals surface area contributed by atoms with Gasteiger partial charge in [0.2, 0.25) is 5.75 Å². The maximum atomic E-state index is 8.97. The third-order valence-corrected chi connectivity index (χ3v) is 2.64. The number of thiocarbonyl (C=S) groups is 1. The fourth-order valence-corrected chi connectivity index (χ4v) is 1.66. The molecule has 100 valence electrons. The highest BCUT2D eigenvalue weighted by atomic mass is 32.1. The van der Waals surface area contributed by atoms with E-state index in [0.29, 0.717) is 22.8 Å². The van der Waals surface area contributed by atoms with Crippen molar-refractivity contribution in [2.24, 2.45) is 5.73 Å². The number of rotatable bonds is 5. The van der Waals surface area contributed by atoms with Crippen molar-refractivity contribution < 1.29 is 14.2 Å². The second-order valence-electron chi connectivity index (χ2n) is 3.46. The van der Waals surface area contributed by atoms with Gasteiger partial charge in [0, 0.05) is 5.56 Å². The summed E-state index contributed by atoms with van der Waals surface area (Å²) in [6.45, 7) is 0. The molecule has 2 N–H and O–H groups in total. The van der Waals surface area contributed by atoms with Crippen molar-refractivity contribution in [1.82, 2.24) is 0 Å². The van der Waals surface area contributed by atoms with Crippen LogP contribution in [-0.2, 0) is 0 Å². The van der Waals surface area contributed by atoms with Crippen LogP contribution in [0.5, 0.6) is 17.2 Å². The van der Waals surface area contributed by atoms with E-state index in [2.05, 4.69) is 0 Å². The first kappa shape index (κ1) is 14.8. The summed E-state index contributed by atoms with van der Waals surface area (Å²) in [5.41, 5.74) is 6.28. The molecular weight excluding hydrogens is 264 g/mol. The minimum Gasteiger partial charge on any atom is -0.493 e. The second-order valence-corrected chi connectivity index (χ2v) is 3.90. The molecule has 1 rings (SSSR count). The predicted octanol–water partition coefficient (Wildman–Crippen LogP) is 1.91. The van der Waals surface area contributed by atoms with Crippen molar-refractivity contribution in [3.63, 3.8) is 0 Å². The maximum Gasteiger partial charge on any atom is 0.203 e. The van der Waals surface area contributed by atoms with Gasteiger partial charge in [0.1, 0.15) is 11.1 Å². The van der Waals surface area contributed by atoms with Crippen molar-refractivity contribution in [3.05, 3.63) is 23.3 Å². The van der Waals surface area contributed by atoms with Crippen LogP contribution in [0.15, 0.2) is 17.7 Å². The summed E-state index contributed by atoms with van der Waals surface area (Å²) in [6.07, 6.45) is 1.54. The quantitative estimate of drug-likeness (QED) is 0.503. The van der Waals surface area contributed by atoms with E-state index in [0.717, 1.165) is 0 Å². The molecule has 0 aromatic heterocycles. The number of benzene rings is 1. The van der Waals surface area contributed by atoms with Crippen molar-refractivity contribution in [3.8, 4) is 23.3 Å². The summed E-state index contributed by atoms with van der Waals surface area (Å²) < 4.78 is 15.7. The minimum atomic E-state index is 0.0272. The molecule has 0 atom stereocenters. The molecule has 0 spiro atoms. The van der Waals surface area contributed by atoms with E-state index in [9.17, 15) is 0 Å². The summed E-state index contributed by atoms with van der Waals surface area (Å²) in [7, 11) is 4.54. The Morgan fingerprint density at radius 3 is 2.26 bits per heavy atom. The van der Waals surface area contributed by atoms with Crippen LogP contribution in [0, 0.1) is 11.3 Å². The van der Waals surface area contributed by atoms with E-state index in [1.54, 1.807) is 18.2 Å². The molecule has 0 radical (unpaired) electrons. The van der Waals surface area contributed by atoms with Crippen molar-refractivity contribution in [2.45, 2.75) is 0 Å². The highest BCUT2D eigenvalue weighted by Crippen LogP contribution is 2.40. The largest absolute Gasteiger partial charge is 0.493 e. The van der Waals surface area contributed by atoms with E-state index in [1.165, 1.54) is 21.3 Å². The lowest BCUT2D eigenvalue weighted by Crippen LogP contribution is -2.09. The fourth-order valence-electron chi connectivity index (χ4n) is 1.55. The summed E-state index contributed by atoms with van der Waals surface area (Å²) in [6, 6.07) is 5.38. The van der Waals surface area contributed by atoms with Crippen molar-refractivity contribution >= 4 is 23.3 Å². The molecule has 0 fully saturated rings.